The number of hydrogen-bond acceptors (Lipinski definition) is 2. The molecule has 0 radical (unpaired) electrons. The summed E-state index contributed by atoms with van der Waals surface area (Å²) in [5, 5.41) is 3.26. The molecule has 25 heavy (non-hydrogen) atoms. The fourth-order valence-corrected chi connectivity index (χ4v) is 2.45. The lowest BCUT2D eigenvalue weighted by molar-refractivity contribution is -0.125. The van der Waals surface area contributed by atoms with Crippen molar-refractivity contribution in [2.45, 2.75) is 13.5 Å². The van der Waals surface area contributed by atoms with Gasteiger partial charge >= 0.3 is 0 Å². The number of nitrogens with zero attached hydrogens (tertiary/aromatic N) is 1. The number of hydrogen-bond donors (Lipinski definition) is 1. The van der Waals surface area contributed by atoms with Crippen molar-refractivity contribution in [3.8, 4) is 0 Å². The van der Waals surface area contributed by atoms with E-state index in [1.165, 1.54) is 6.08 Å². The summed E-state index contributed by atoms with van der Waals surface area (Å²) in [6, 6.07) is 12.9. The van der Waals surface area contributed by atoms with Gasteiger partial charge in [-0.05, 0) is 47.9 Å². The summed E-state index contributed by atoms with van der Waals surface area (Å²) in [7, 11) is 3.33. The molecule has 0 unspecified atom stereocenters. The second-order valence-corrected chi connectivity index (χ2v) is 6.22. The molecule has 2 aromatic carbocycles. The molecule has 1 N–H and O–H groups in total. The standard InChI is InChI=1S/C20H21ClN2O2/c1-14-4-5-15(12-18(14)21)8-11-19(24)23(3)13-16-6-9-17(10-7-16)20(25)22-2/h4-12H,13H2,1-3H3,(H,22,25)/b11-8+. The first-order chi connectivity index (χ1) is 11.9. The van der Waals surface area contributed by atoms with E-state index in [1.54, 1.807) is 37.2 Å². The van der Waals surface area contributed by atoms with Crippen LogP contribution in [-0.4, -0.2) is 30.8 Å². The third-order valence-corrected chi connectivity index (χ3v) is 4.26. The van der Waals surface area contributed by atoms with E-state index in [9.17, 15) is 9.59 Å². The van der Waals surface area contributed by atoms with Gasteiger partial charge in [0.25, 0.3) is 5.91 Å². The fraction of sp³-hybridized carbons (Fsp3) is 0.200. The van der Waals surface area contributed by atoms with Crippen LogP contribution in [0.1, 0.15) is 27.0 Å². The molecule has 4 nitrogen and oxygen atoms in total. The Kier molecular flexibility index (Phi) is 6.37. The van der Waals surface area contributed by atoms with Crippen molar-refractivity contribution < 1.29 is 9.59 Å². The Hall–Kier alpha value is -2.59. The average molecular weight is 357 g/mol. The number of carbonyl (C=O) groups excluding carboxylic acids is 2. The molecule has 0 saturated carbocycles. The number of likely N-dealkylation sites (N-methyl/N-ethyl adjacent to an activating group) is 1. The molecule has 0 heterocycles. The van der Waals surface area contributed by atoms with Gasteiger partial charge in [0.05, 0.1) is 0 Å². The predicted molar refractivity (Wildman–Crippen MR) is 102 cm³/mol. The molecule has 2 rings (SSSR count). The molecule has 0 spiro atoms. The summed E-state index contributed by atoms with van der Waals surface area (Å²) < 4.78 is 0. The summed E-state index contributed by atoms with van der Waals surface area (Å²) in [5.41, 5.74) is 3.43. The van der Waals surface area contributed by atoms with Gasteiger partial charge in [0.15, 0.2) is 0 Å². The average Bonchev–Trinajstić information content (AvgIpc) is 2.62. The number of rotatable bonds is 5. The quantitative estimate of drug-likeness (QED) is 0.831. The van der Waals surface area contributed by atoms with Gasteiger partial charge in [-0.15, -0.1) is 0 Å². The van der Waals surface area contributed by atoms with Crippen molar-refractivity contribution in [2.24, 2.45) is 0 Å². The highest BCUT2D eigenvalue weighted by Crippen LogP contribution is 2.17. The second-order valence-electron chi connectivity index (χ2n) is 5.81. The Morgan fingerprint density at radius 2 is 1.84 bits per heavy atom. The van der Waals surface area contributed by atoms with E-state index in [0.29, 0.717) is 17.1 Å². The molecule has 0 atom stereocenters. The lowest BCUT2D eigenvalue weighted by atomic mass is 10.1. The van der Waals surface area contributed by atoms with Crippen molar-refractivity contribution in [2.75, 3.05) is 14.1 Å². The molecule has 0 saturated heterocycles. The SMILES string of the molecule is CNC(=O)c1ccc(CN(C)C(=O)/C=C/c2ccc(C)c(Cl)c2)cc1. The molecule has 0 aliphatic carbocycles. The van der Waals surface area contributed by atoms with Crippen LogP contribution in [0.25, 0.3) is 6.08 Å². The van der Waals surface area contributed by atoms with Crippen LogP contribution in [0.4, 0.5) is 0 Å². The van der Waals surface area contributed by atoms with Gasteiger partial charge in [-0.25, -0.2) is 0 Å². The van der Waals surface area contributed by atoms with Gasteiger partial charge in [0, 0.05) is 37.3 Å². The number of halogens is 1. The van der Waals surface area contributed by atoms with Crippen molar-refractivity contribution in [1.29, 1.82) is 0 Å². The molecule has 0 aliphatic heterocycles. The van der Waals surface area contributed by atoms with E-state index in [0.717, 1.165) is 16.7 Å². The van der Waals surface area contributed by atoms with Crippen LogP contribution in [0, 0.1) is 6.92 Å². The van der Waals surface area contributed by atoms with Crippen molar-refractivity contribution in [1.82, 2.24) is 10.2 Å². The summed E-state index contributed by atoms with van der Waals surface area (Å²) in [6.07, 6.45) is 3.28. The van der Waals surface area contributed by atoms with Crippen molar-refractivity contribution in [3.63, 3.8) is 0 Å². The number of benzene rings is 2. The first-order valence-electron chi connectivity index (χ1n) is 7.91. The van der Waals surface area contributed by atoms with Gasteiger partial charge in [0.2, 0.25) is 5.91 Å². The minimum absolute atomic E-state index is 0.105. The molecule has 130 valence electrons. The van der Waals surface area contributed by atoms with E-state index in [-0.39, 0.29) is 11.8 Å². The molecule has 0 bridgehead atoms. The van der Waals surface area contributed by atoms with Gasteiger partial charge < -0.3 is 10.2 Å². The Labute approximate surface area is 153 Å². The predicted octanol–water partition coefficient (Wildman–Crippen LogP) is 3.68. The zero-order valence-electron chi connectivity index (χ0n) is 14.5. The smallest absolute Gasteiger partial charge is 0.251 e. The molecule has 2 amide bonds. The fourth-order valence-electron chi connectivity index (χ4n) is 2.27. The lowest BCUT2D eigenvalue weighted by Gasteiger charge is -2.15. The number of nitrogens with one attached hydrogen (secondary N) is 1. The normalized spacial score (nSPS) is 10.7. The van der Waals surface area contributed by atoms with Gasteiger partial charge in [0.1, 0.15) is 0 Å². The number of carbonyl (C=O) groups is 2. The molecular weight excluding hydrogens is 336 g/mol. The van der Waals surface area contributed by atoms with Crippen LogP contribution in [0.15, 0.2) is 48.5 Å². The van der Waals surface area contributed by atoms with Crippen LogP contribution in [0.2, 0.25) is 5.02 Å². The molecule has 2 aromatic rings. The lowest BCUT2D eigenvalue weighted by Crippen LogP contribution is -2.24. The van der Waals surface area contributed by atoms with E-state index in [2.05, 4.69) is 5.32 Å². The molecule has 0 aliphatic rings. The summed E-state index contributed by atoms with van der Waals surface area (Å²) in [5.74, 6) is -0.234. The molecular formula is C20H21ClN2O2. The molecule has 0 aromatic heterocycles. The van der Waals surface area contributed by atoms with Crippen LogP contribution in [0.5, 0.6) is 0 Å². The van der Waals surface area contributed by atoms with E-state index >= 15 is 0 Å². The topological polar surface area (TPSA) is 49.4 Å². The van der Waals surface area contributed by atoms with E-state index < -0.39 is 0 Å². The Balaban J connectivity index is 1.98. The van der Waals surface area contributed by atoms with Crippen molar-refractivity contribution >= 4 is 29.5 Å². The first kappa shape index (κ1) is 18.7. The summed E-state index contributed by atoms with van der Waals surface area (Å²) in [4.78, 5) is 25.4. The Morgan fingerprint density at radius 3 is 2.44 bits per heavy atom. The third-order valence-electron chi connectivity index (χ3n) is 3.85. The van der Waals surface area contributed by atoms with Crippen LogP contribution < -0.4 is 5.32 Å². The van der Waals surface area contributed by atoms with E-state index in [4.69, 9.17) is 11.6 Å². The highest BCUT2D eigenvalue weighted by molar-refractivity contribution is 6.31. The zero-order valence-corrected chi connectivity index (χ0v) is 15.3. The second kappa shape index (κ2) is 8.49. The van der Waals surface area contributed by atoms with Crippen LogP contribution in [-0.2, 0) is 11.3 Å². The highest BCUT2D eigenvalue weighted by Gasteiger charge is 2.07. The van der Waals surface area contributed by atoms with Gasteiger partial charge in [-0.3, -0.25) is 9.59 Å². The Morgan fingerprint density at radius 1 is 1.16 bits per heavy atom. The monoisotopic (exact) mass is 356 g/mol. The van der Waals surface area contributed by atoms with Gasteiger partial charge in [-0.2, -0.15) is 0 Å². The third kappa shape index (κ3) is 5.19. The number of aryl methyl sites for hydroxylation is 1. The summed E-state index contributed by atoms with van der Waals surface area (Å²) in [6.45, 7) is 2.40. The van der Waals surface area contributed by atoms with Crippen LogP contribution >= 0.6 is 11.6 Å². The minimum atomic E-state index is -0.129. The Bertz CT molecular complexity index is 798. The maximum Gasteiger partial charge on any atom is 0.251 e. The highest BCUT2D eigenvalue weighted by atomic mass is 35.5. The maximum atomic E-state index is 12.2. The molecule has 5 heteroatoms. The zero-order chi connectivity index (χ0) is 18.4. The first-order valence-corrected chi connectivity index (χ1v) is 8.29. The largest absolute Gasteiger partial charge is 0.355 e. The molecule has 0 fully saturated rings. The van der Waals surface area contributed by atoms with E-state index in [1.807, 2.05) is 37.3 Å². The van der Waals surface area contributed by atoms with Crippen molar-refractivity contribution in [3.05, 3.63) is 75.8 Å². The maximum absolute atomic E-state index is 12.2. The van der Waals surface area contributed by atoms with Gasteiger partial charge in [-0.1, -0.05) is 35.9 Å². The van der Waals surface area contributed by atoms with Crippen LogP contribution in [0.3, 0.4) is 0 Å². The minimum Gasteiger partial charge on any atom is -0.355 e. The number of amides is 2. The summed E-state index contributed by atoms with van der Waals surface area (Å²) >= 11 is 6.09.